The molecule has 2 atom stereocenters. The number of rotatable bonds is 12. The van der Waals surface area contributed by atoms with Crippen molar-refractivity contribution < 1.29 is 23.7 Å². The van der Waals surface area contributed by atoms with E-state index in [1.165, 1.54) is 64.7 Å². The molecule has 2 aromatic rings. The molecule has 4 heterocycles. The number of nitrogens with zero attached hydrogens (tertiary/aromatic N) is 2. The highest BCUT2D eigenvalue weighted by atomic mass is 16.5. The van der Waals surface area contributed by atoms with Gasteiger partial charge in [-0.25, -0.2) is 0 Å². The van der Waals surface area contributed by atoms with Crippen LogP contribution in [0.5, 0.6) is 23.0 Å². The summed E-state index contributed by atoms with van der Waals surface area (Å²) in [5.41, 5.74) is 1.96. The van der Waals surface area contributed by atoms with Crippen molar-refractivity contribution >= 4 is 5.78 Å². The molecule has 0 bridgehead atoms. The Balaban J connectivity index is 1.03. The molecule has 2 aromatic carbocycles. The van der Waals surface area contributed by atoms with Gasteiger partial charge >= 0.3 is 0 Å². The minimum Gasteiger partial charge on any atom is -0.493 e. The van der Waals surface area contributed by atoms with Crippen LogP contribution in [-0.4, -0.2) is 81.3 Å². The molecule has 42 heavy (non-hydrogen) atoms. The molecule has 0 aliphatic carbocycles. The maximum absolute atomic E-state index is 14.0. The van der Waals surface area contributed by atoms with Gasteiger partial charge in [0.25, 0.3) is 0 Å². The Morgan fingerprint density at radius 3 is 1.57 bits per heavy atom. The third kappa shape index (κ3) is 7.41. The van der Waals surface area contributed by atoms with E-state index in [4.69, 9.17) is 18.9 Å². The fraction of sp³-hybridized carbons (Fsp3) is 0.629. The summed E-state index contributed by atoms with van der Waals surface area (Å²) in [5.74, 6) is 3.12. The first-order chi connectivity index (χ1) is 20.7. The zero-order valence-corrected chi connectivity index (χ0v) is 25.2. The molecule has 7 nitrogen and oxygen atoms in total. The van der Waals surface area contributed by atoms with Gasteiger partial charge in [-0.2, -0.15) is 0 Å². The Kier molecular flexibility index (Phi) is 10.2. The fourth-order valence-corrected chi connectivity index (χ4v) is 7.08. The van der Waals surface area contributed by atoms with Crippen molar-refractivity contribution in [2.45, 2.75) is 76.0 Å². The van der Waals surface area contributed by atoms with Crippen molar-refractivity contribution in [2.75, 3.05) is 65.7 Å². The number of fused-ring (bicyclic) bond motifs is 2. The average Bonchev–Trinajstić information content (AvgIpc) is 3.05. The fourth-order valence-electron chi connectivity index (χ4n) is 7.08. The number of carbonyl (C=O) groups is 1. The quantitative estimate of drug-likeness (QED) is 0.279. The lowest BCUT2D eigenvalue weighted by Crippen LogP contribution is -2.31. The summed E-state index contributed by atoms with van der Waals surface area (Å²) < 4.78 is 24.2. The van der Waals surface area contributed by atoms with E-state index in [-0.39, 0.29) is 17.6 Å². The van der Waals surface area contributed by atoms with Crippen LogP contribution < -0.4 is 18.9 Å². The van der Waals surface area contributed by atoms with Crippen molar-refractivity contribution in [3.05, 3.63) is 47.5 Å². The van der Waals surface area contributed by atoms with E-state index in [9.17, 15) is 4.79 Å². The predicted octanol–water partition coefficient (Wildman–Crippen LogP) is 6.20. The lowest BCUT2D eigenvalue weighted by atomic mass is 9.78. The number of carbonyl (C=O) groups excluding carboxylic acids is 1. The minimum absolute atomic E-state index is 0.177. The second-order valence-corrected chi connectivity index (χ2v) is 12.4. The molecule has 4 aliphatic rings. The molecular formula is C35H48N2O5. The zero-order chi connectivity index (χ0) is 28.6. The maximum Gasteiger partial charge on any atom is 0.148 e. The number of piperidine rings is 2. The molecule has 6 rings (SSSR count). The summed E-state index contributed by atoms with van der Waals surface area (Å²) in [4.78, 5) is 19.1. The first-order valence-corrected chi connectivity index (χ1v) is 16.5. The third-order valence-corrected chi connectivity index (χ3v) is 9.41. The van der Waals surface area contributed by atoms with Gasteiger partial charge in [0.1, 0.15) is 28.8 Å². The van der Waals surface area contributed by atoms with Gasteiger partial charge in [-0.1, -0.05) is 25.0 Å². The predicted molar refractivity (Wildman–Crippen MR) is 164 cm³/mol. The van der Waals surface area contributed by atoms with Crippen LogP contribution in [0.2, 0.25) is 0 Å². The number of benzene rings is 2. The van der Waals surface area contributed by atoms with Crippen molar-refractivity contribution in [2.24, 2.45) is 0 Å². The van der Waals surface area contributed by atoms with E-state index < -0.39 is 0 Å². The molecular weight excluding hydrogens is 528 g/mol. The monoisotopic (exact) mass is 576 g/mol. The molecule has 2 unspecified atom stereocenters. The minimum atomic E-state index is -0.177. The molecule has 228 valence electrons. The van der Waals surface area contributed by atoms with E-state index in [1.54, 1.807) is 0 Å². The van der Waals surface area contributed by atoms with E-state index in [0.29, 0.717) is 39.3 Å². The summed E-state index contributed by atoms with van der Waals surface area (Å²) in [6, 6.07) is 12.0. The van der Waals surface area contributed by atoms with E-state index in [0.717, 1.165) is 60.1 Å². The standard InChI is InChI=1S/C35H48N2O5/c38-35(31-13-23-41-33-25-27(9-11-29(31)33)39-21-7-19-36-15-3-1-4-16-36)32-14-24-42-34-26-28(10-12-30(32)34)40-22-8-20-37-17-5-2-6-18-37/h9-12,25-26,31-32H,1-8,13-24H2. The Morgan fingerprint density at radius 2 is 1.12 bits per heavy atom. The summed E-state index contributed by atoms with van der Waals surface area (Å²) in [7, 11) is 0. The largest absolute Gasteiger partial charge is 0.493 e. The average molecular weight is 577 g/mol. The molecule has 0 radical (unpaired) electrons. The highest BCUT2D eigenvalue weighted by Crippen LogP contribution is 2.43. The van der Waals surface area contributed by atoms with Gasteiger partial charge in [0.05, 0.1) is 38.3 Å². The van der Waals surface area contributed by atoms with Crippen LogP contribution in [0.15, 0.2) is 36.4 Å². The zero-order valence-electron chi connectivity index (χ0n) is 25.2. The highest BCUT2D eigenvalue weighted by Gasteiger charge is 2.36. The Labute approximate surface area is 251 Å². The number of Topliss-reactive ketones (excluding diaryl/α,β-unsaturated/α-hetero) is 1. The maximum atomic E-state index is 14.0. The van der Waals surface area contributed by atoms with Crippen LogP contribution in [0.4, 0.5) is 0 Å². The van der Waals surface area contributed by atoms with Crippen molar-refractivity contribution in [1.82, 2.24) is 9.80 Å². The molecule has 2 saturated heterocycles. The first-order valence-electron chi connectivity index (χ1n) is 16.5. The van der Waals surface area contributed by atoms with Crippen molar-refractivity contribution in [3.8, 4) is 23.0 Å². The van der Waals surface area contributed by atoms with Crippen LogP contribution in [0.3, 0.4) is 0 Å². The SMILES string of the molecule is O=C(C1CCOc2cc(OCCCN3CCCCC3)ccc21)C1CCOc2cc(OCCCN3CCCCC3)ccc21. The van der Waals surface area contributed by atoms with Crippen LogP contribution in [-0.2, 0) is 4.79 Å². The normalized spacial score (nSPS) is 22.8. The number of likely N-dealkylation sites (tertiary alicyclic amines) is 2. The third-order valence-electron chi connectivity index (χ3n) is 9.41. The molecule has 4 aliphatic heterocycles. The lowest BCUT2D eigenvalue weighted by molar-refractivity contribution is -0.123. The van der Waals surface area contributed by atoms with Gasteiger partial charge in [0, 0.05) is 36.3 Å². The number of hydrogen-bond acceptors (Lipinski definition) is 7. The van der Waals surface area contributed by atoms with Crippen molar-refractivity contribution in [1.29, 1.82) is 0 Å². The Morgan fingerprint density at radius 1 is 0.667 bits per heavy atom. The molecule has 2 fully saturated rings. The highest BCUT2D eigenvalue weighted by molar-refractivity contribution is 5.93. The molecule has 0 aromatic heterocycles. The van der Waals surface area contributed by atoms with Gasteiger partial charge in [0.15, 0.2) is 0 Å². The molecule has 0 spiro atoms. The molecule has 0 N–H and O–H groups in total. The lowest BCUT2D eigenvalue weighted by Gasteiger charge is -2.31. The summed E-state index contributed by atoms with van der Waals surface area (Å²) in [5, 5.41) is 0. The number of ether oxygens (including phenoxy) is 4. The van der Waals surface area contributed by atoms with Gasteiger partial charge in [-0.3, -0.25) is 4.79 Å². The Hall–Kier alpha value is -2.77. The van der Waals surface area contributed by atoms with E-state index in [2.05, 4.69) is 9.80 Å². The van der Waals surface area contributed by atoms with Gasteiger partial charge in [-0.05, 0) is 89.7 Å². The van der Waals surface area contributed by atoms with E-state index >= 15 is 0 Å². The van der Waals surface area contributed by atoms with Gasteiger partial charge in [0.2, 0.25) is 0 Å². The summed E-state index contributed by atoms with van der Waals surface area (Å²) in [6.45, 7) is 9.53. The van der Waals surface area contributed by atoms with Crippen LogP contribution in [0, 0.1) is 0 Å². The summed E-state index contributed by atoms with van der Waals surface area (Å²) in [6.07, 6.45) is 11.4. The van der Waals surface area contributed by atoms with Gasteiger partial charge in [-0.15, -0.1) is 0 Å². The van der Waals surface area contributed by atoms with E-state index in [1.807, 2.05) is 36.4 Å². The van der Waals surface area contributed by atoms with Crippen molar-refractivity contribution in [3.63, 3.8) is 0 Å². The van der Waals surface area contributed by atoms with Crippen LogP contribution in [0.25, 0.3) is 0 Å². The number of hydrogen-bond donors (Lipinski definition) is 0. The van der Waals surface area contributed by atoms with Crippen LogP contribution in [0.1, 0.15) is 87.2 Å². The second kappa shape index (κ2) is 14.6. The van der Waals surface area contributed by atoms with Gasteiger partial charge < -0.3 is 28.7 Å². The molecule has 7 heteroatoms. The Bertz CT molecular complexity index is 1080. The summed E-state index contributed by atoms with van der Waals surface area (Å²) >= 11 is 0. The van der Waals surface area contributed by atoms with Crippen LogP contribution >= 0.6 is 0 Å². The first kappa shape index (κ1) is 29.3. The number of ketones is 1. The second-order valence-electron chi connectivity index (χ2n) is 12.4. The molecule has 0 saturated carbocycles. The topological polar surface area (TPSA) is 60.5 Å². The molecule has 0 amide bonds. The smallest absolute Gasteiger partial charge is 0.148 e.